The summed E-state index contributed by atoms with van der Waals surface area (Å²) in [5, 5.41) is 0. The van der Waals surface area contributed by atoms with Crippen molar-refractivity contribution >= 4 is 59.4 Å². The van der Waals surface area contributed by atoms with Crippen molar-refractivity contribution in [1.82, 2.24) is 0 Å². The topological polar surface area (TPSA) is 0 Å². The third kappa shape index (κ3) is 4.99. The van der Waals surface area contributed by atoms with Gasteiger partial charge in [-0.2, -0.15) is 0 Å². The number of rotatable bonds is 3. The first kappa shape index (κ1) is 10.7. The Morgan fingerprint density at radius 3 is 2.11 bits per heavy atom. The minimum absolute atomic E-state index is 0.100. The van der Waals surface area contributed by atoms with Crippen LogP contribution >= 0.6 is 59.4 Å². The van der Waals surface area contributed by atoms with Crippen molar-refractivity contribution in [2.45, 2.75) is 13.9 Å². The first-order valence-electron chi connectivity index (χ1n) is 2.25. The summed E-state index contributed by atoms with van der Waals surface area (Å²) in [6, 6.07) is 0. The number of halogens is 5. The Kier molecular flexibility index (Phi) is 5.35. The molecular weight excluding hydrogens is 342 g/mol. The van der Waals surface area contributed by atoms with Gasteiger partial charge in [-0.25, -0.2) is 0 Å². The first-order chi connectivity index (χ1) is 3.98. The van der Waals surface area contributed by atoms with Gasteiger partial charge in [0.05, 0.1) is 11.5 Å². The third-order valence-corrected chi connectivity index (χ3v) is 4.72. The Morgan fingerprint density at radius 2 is 2.00 bits per heavy atom. The predicted molar refractivity (Wildman–Crippen MR) is 49.7 cm³/mol. The molecule has 1 atom stereocenters. The van der Waals surface area contributed by atoms with Crippen molar-refractivity contribution in [3.8, 4) is 0 Å². The number of hydrogen-bond donors (Lipinski definition) is 0. The smallest absolute Gasteiger partial charge is 0.166 e. The van der Waals surface area contributed by atoms with Gasteiger partial charge in [0.25, 0.3) is 0 Å². The monoisotopic (exact) mass is 344 g/mol. The van der Waals surface area contributed by atoms with Crippen molar-refractivity contribution in [2.75, 3.05) is 6.67 Å². The summed E-state index contributed by atoms with van der Waals surface area (Å²) in [4.78, 5) is -0.100. The van der Waals surface area contributed by atoms with Crippen LogP contribution in [0.3, 0.4) is 0 Å². The van der Waals surface area contributed by atoms with Crippen LogP contribution in [-0.2, 0) is 0 Å². The molecule has 0 aliphatic rings. The summed E-state index contributed by atoms with van der Waals surface area (Å²) in [6.07, 6.45) is 0.389. The van der Waals surface area contributed by atoms with Crippen LogP contribution in [0.15, 0.2) is 0 Å². The Bertz CT molecular complexity index is 82.4. The van der Waals surface area contributed by atoms with E-state index in [1.165, 1.54) is 0 Å². The van der Waals surface area contributed by atoms with E-state index in [1.807, 2.05) is 0 Å². The van der Waals surface area contributed by atoms with E-state index in [0.29, 0.717) is 6.42 Å². The first-order valence-corrected chi connectivity index (χ1v) is 5.13. The Morgan fingerprint density at radius 1 is 1.56 bits per heavy atom. The molecule has 56 valence electrons. The summed E-state index contributed by atoms with van der Waals surface area (Å²) in [7, 11) is 0. The van der Waals surface area contributed by atoms with Crippen LogP contribution in [0.4, 0.5) is 4.39 Å². The zero-order chi connectivity index (χ0) is 7.49. The standard InChI is InChI=1S/C4H5Br3ClF/c5-3(1-2-9)4(6,7)8/h3H,1-2H2. The molecule has 0 bridgehead atoms. The molecule has 0 amide bonds. The van der Waals surface area contributed by atoms with Crippen LogP contribution in [0.5, 0.6) is 0 Å². The van der Waals surface area contributed by atoms with Crippen LogP contribution < -0.4 is 0 Å². The van der Waals surface area contributed by atoms with E-state index in [4.69, 9.17) is 11.6 Å². The Hall–Kier alpha value is 1.66. The minimum atomic E-state index is -0.716. The lowest BCUT2D eigenvalue weighted by Gasteiger charge is -2.16. The second kappa shape index (κ2) is 4.52. The molecule has 0 heterocycles. The van der Waals surface area contributed by atoms with E-state index >= 15 is 0 Å². The van der Waals surface area contributed by atoms with Gasteiger partial charge < -0.3 is 0 Å². The molecule has 0 aromatic heterocycles. The summed E-state index contributed by atoms with van der Waals surface area (Å²) >= 11 is 15.1. The largest absolute Gasteiger partial charge is 0.251 e. The third-order valence-electron chi connectivity index (χ3n) is 0.718. The van der Waals surface area contributed by atoms with Gasteiger partial charge in [-0.3, -0.25) is 4.39 Å². The van der Waals surface area contributed by atoms with E-state index < -0.39 is 2.69 Å². The Labute approximate surface area is 83.9 Å². The van der Waals surface area contributed by atoms with Gasteiger partial charge in [0.2, 0.25) is 0 Å². The fourth-order valence-corrected chi connectivity index (χ4v) is 0.999. The quantitative estimate of drug-likeness (QED) is 0.682. The second-order valence-electron chi connectivity index (χ2n) is 1.49. The van der Waals surface area contributed by atoms with Gasteiger partial charge in [-0.1, -0.05) is 59.4 Å². The average molecular weight is 347 g/mol. The van der Waals surface area contributed by atoms with E-state index in [0.717, 1.165) is 0 Å². The predicted octanol–water partition coefficient (Wildman–Crippen LogP) is 3.79. The van der Waals surface area contributed by atoms with Crippen LogP contribution in [-0.4, -0.2) is 14.2 Å². The molecule has 0 aliphatic carbocycles. The lowest BCUT2D eigenvalue weighted by molar-refractivity contribution is 0.472. The molecule has 0 saturated heterocycles. The summed E-state index contributed by atoms with van der Waals surface area (Å²) in [6.45, 7) is -0.373. The molecule has 0 rings (SSSR count). The second-order valence-corrected chi connectivity index (χ2v) is 7.67. The molecule has 0 aliphatic heterocycles. The molecule has 0 nitrogen and oxygen atoms in total. The van der Waals surface area contributed by atoms with Gasteiger partial charge in [-0.15, -0.1) is 0 Å². The fraction of sp³-hybridized carbons (Fsp3) is 1.00. The zero-order valence-electron chi connectivity index (χ0n) is 4.38. The molecule has 0 saturated carbocycles. The van der Waals surface area contributed by atoms with Crippen molar-refractivity contribution in [3.05, 3.63) is 0 Å². The van der Waals surface area contributed by atoms with Crippen molar-refractivity contribution < 1.29 is 4.39 Å². The zero-order valence-corrected chi connectivity index (χ0v) is 9.90. The lowest BCUT2D eigenvalue weighted by atomic mass is 10.4. The van der Waals surface area contributed by atoms with Gasteiger partial charge >= 0.3 is 0 Å². The highest BCUT2D eigenvalue weighted by molar-refractivity contribution is 9.27. The highest BCUT2D eigenvalue weighted by Gasteiger charge is 2.28. The molecule has 0 fully saturated rings. The number of hydrogen-bond acceptors (Lipinski definition) is 0. The molecule has 0 N–H and O–H groups in total. The van der Waals surface area contributed by atoms with E-state index in [-0.39, 0.29) is 11.5 Å². The van der Waals surface area contributed by atoms with Crippen molar-refractivity contribution in [1.29, 1.82) is 0 Å². The van der Waals surface area contributed by atoms with Crippen LogP contribution in [0.2, 0.25) is 0 Å². The van der Waals surface area contributed by atoms with Crippen molar-refractivity contribution in [3.63, 3.8) is 0 Å². The summed E-state index contributed by atoms with van der Waals surface area (Å²) in [5.74, 6) is 0. The molecule has 0 radical (unpaired) electrons. The molecule has 0 aromatic carbocycles. The minimum Gasteiger partial charge on any atom is -0.251 e. The van der Waals surface area contributed by atoms with E-state index in [2.05, 4.69) is 47.8 Å². The molecule has 9 heavy (non-hydrogen) atoms. The van der Waals surface area contributed by atoms with Crippen molar-refractivity contribution in [2.24, 2.45) is 0 Å². The molecular formula is C4H5Br3ClF. The molecule has 0 spiro atoms. The summed E-state index contributed by atoms with van der Waals surface area (Å²) in [5.41, 5.74) is 0. The highest BCUT2D eigenvalue weighted by Crippen LogP contribution is 2.40. The van der Waals surface area contributed by atoms with Gasteiger partial charge in [0.15, 0.2) is 2.69 Å². The molecule has 1 unspecified atom stereocenters. The van der Waals surface area contributed by atoms with Gasteiger partial charge in [0.1, 0.15) is 0 Å². The van der Waals surface area contributed by atoms with E-state index in [1.54, 1.807) is 0 Å². The lowest BCUT2D eigenvalue weighted by Crippen LogP contribution is -2.17. The van der Waals surface area contributed by atoms with Crippen LogP contribution in [0, 0.1) is 0 Å². The Balaban J connectivity index is 3.59. The normalized spacial score (nSPS) is 15.7. The maximum atomic E-state index is 11.6. The van der Waals surface area contributed by atoms with Gasteiger partial charge in [0, 0.05) is 0 Å². The number of alkyl halides is 5. The van der Waals surface area contributed by atoms with Crippen LogP contribution in [0.25, 0.3) is 0 Å². The molecule has 5 heteroatoms. The van der Waals surface area contributed by atoms with Crippen LogP contribution in [0.1, 0.15) is 6.42 Å². The highest BCUT2D eigenvalue weighted by atomic mass is 79.9. The van der Waals surface area contributed by atoms with Gasteiger partial charge in [-0.05, 0) is 6.42 Å². The molecule has 0 aromatic rings. The fourth-order valence-electron chi connectivity index (χ4n) is 0.259. The summed E-state index contributed by atoms with van der Waals surface area (Å²) < 4.78 is 10.9. The maximum absolute atomic E-state index is 11.6. The average Bonchev–Trinajstić information content (AvgIpc) is 1.64. The maximum Gasteiger partial charge on any atom is 0.166 e. The SMILES string of the molecule is FCCC(Br)C(Cl)(Br)Br. The van der Waals surface area contributed by atoms with E-state index in [9.17, 15) is 4.39 Å².